The summed E-state index contributed by atoms with van der Waals surface area (Å²) >= 11 is 5.85. The Labute approximate surface area is 140 Å². The molecule has 0 saturated carbocycles. The summed E-state index contributed by atoms with van der Waals surface area (Å²) in [6, 6.07) is 10.9. The predicted octanol–water partition coefficient (Wildman–Crippen LogP) is 4.39. The summed E-state index contributed by atoms with van der Waals surface area (Å²) in [5, 5.41) is 4.92. The molecule has 1 heterocycles. The van der Waals surface area contributed by atoms with Crippen molar-refractivity contribution in [2.45, 2.75) is 20.3 Å². The third-order valence-electron chi connectivity index (χ3n) is 3.86. The first kappa shape index (κ1) is 15.6. The van der Waals surface area contributed by atoms with Gasteiger partial charge in [0.2, 0.25) is 5.78 Å². The summed E-state index contributed by atoms with van der Waals surface area (Å²) < 4.78 is 5.71. The van der Waals surface area contributed by atoms with E-state index in [0.717, 1.165) is 16.8 Å². The zero-order chi connectivity index (χ0) is 16.4. The van der Waals surface area contributed by atoms with Crippen molar-refractivity contribution >= 4 is 28.8 Å². The van der Waals surface area contributed by atoms with Crippen LogP contribution >= 0.6 is 11.6 Å². The number of hydrogen-bond donors (Lipinski definition) is 1. The predicted molar refractivity (Wildman–Crippen MR) is 92.9 cm³/mol. The average molecular weight is 329 g/mol. The molecule has 0 atom stereocenters. The van der Waals surface area contributed by atoms with Gasteiger partial charge >= 0.3 is 0 Å². The zero-order valence-electron chi connectivity index (χ0n) is 13.0. The summed E-state index contributed by atoms with van der Waals surface area (Å²) in [4.78, 5) is 12.7. The van der Waals surface area contributed by atoms with Crippen LogP contribution in [0.1, 0.15) is 27.9 Å². The van der Waals surface area contributed by atoms with Crippen molar-refractivity contribution in [3.05, 3.63) is 58.1 Å². The number of fused-ring (bicyclic) bond motifs is 1. The Bertz CT molecular complexity index is 782. The quantitative estimate of drug-likeness (QED) is 0.832. The maximum atomic E-state index is 12.7. The molecule has 1 N–H and O–H groups in total. The van der Waals surface area contributed by atoms with E-state index in [1.807, 2.05) is 38.1 Å². The molecule has 0 amide bonds. The zero-order valence-corrected chi connectivity index (χ0v) is 13.8. The minimum absolute atomic E-state index is 0.0953. The van der Waals surface area contributed by atoms with Crippen LogP contribution in [-0.4, -0.2) is 18.1 Å². The van der Waals surface area contributed by atoms with Gasteiger partial charge in [-0.1, -0.05) is 11.6 Å². The molecule has 3 rings (SSSR count). The number of hydrogen-bond acceptors (Lipinski definition) is 4. The van der Waals surface area contributed by atoms with Gasteiger partial charge < -0.3 is 4.74 Å². The number of ether oxygens (including phenoxy) is 1. The van der Waals surface area contributed by atoms with Gasteiger partial charge in [0.1, 0.15) is 11.5 Å². The minimum Gasteiger partial charge on any atom is -0.492 e. The molecule has 1 aliphatic rings. The Morgan fingerprint density at radius 2 is 1.83 bits per heavy atom. The molecule has 0 spiro atoms. The minimum atomic E-state index is -0.0953. The molecule has 23 heavy (non-hydrogen) atoms. The second-order valence-electron chi connectivity index (χ2n) is 5.54. The number of nitrogens with one attached hydrogen (secondary N) is 1. The van der Waals surface area contributed by atoms with Gasteiger partial charge in [-0.15, -0.1) is 0 Å². The number of carbonyl (C=O) groups is 1. The van der Waals surface area contributed by atoms with Gasteiger partial charge in [-0.25, -0.2) is 0 Å². The van der Waals surface area contributed by atoms with Crippen LogP contribution in [0.2, 0.25) is 5.02 Å². The van der Waals surface area contributed by atoms with E-state index in [2.05, 4.69) is 10.5 Å². The van der Waals surface area contributed by atoms with Crippen LogP contribution < -0.4 is 10.2 Å². The normalized spacial score (nSPS) is 15.8. The Balaban J connectivity index is 1.88. The van der Waals surface area contributed by atoms with Crippen molar-refractivity contribution in [2.75, 3.05) is 12.0 Å². The fourth-order valence-corrected chi connectivity index (χ4v) is 2.50. The van der Waals surface area contributed by atoms with E-state index in [9.17, 15) is 4.79 Å². The van der Waals surface area contributed by atoms with Gasteiger partial charge in [0.15, 0.2) is 0 Å². The second-order valence-corrected chi connectivity index (χ2v) is 5.97. The molecule has 0 aromatic heterocycles. The monoisotopic (exact) mass is 328 g/mol. The lowest BCUT2D eigenvalue weighted by atomic mass is 10.00. The first-order chi connectivity index (χ1) is 11.0. The molecule has 0 fully saturated rings. The number of aryl methyl sites for hydroxylation is 2. The number of nitrogens with zero attached hydrogens (tertiary/aromatic N) is 1. The number of halogens is 1. The molecule has 2 aromatic rings. The van der Waals surface area contributed by atoms with Crippen LogP contribution in [0.5, 0.6) is 5.75 Å². The van der Waals surface area contributed by atoms with E-state index in [1.54, 1.807) is 12.1 Å². The molecule has 0 bridgehead atoms. The molecule has 4 nitrogen and oxygen atoms in total. The molecule has 0 saturated heterocycles. The van der Waals surface area contributed by atoms with Crippen LogP contribution in [0, 0.1) is 13.8 Å². The maximum Gasteiger partial charge on any atom is 0.212 e. The lowest BCUT2D eigenvalue weighted by Crippen LogP contribution is -2.15. The topological polar surface area (TPSA) is 50.7 Å². The van der Waals surface area contributed by atoms with Crippen molar-refractivity contribution < 1.29 is 9.53 Å². The number of anilines is 1. The fraction of sp³-hybridized carbons (Fsp3) is 0.222. The molecule has 1 aliphatic heterocycles. The van der Waals surface area contributed by atoms with Gasteiger partial charge in [-0.05, 0) is 61.4 Å². The summed E-state index contributed by atoms with van der Waals surface area (Å²) in [5.41, 5.74) is 6.89. The highest BCUT2D eigenvalue weighted by Gasteiger charge is 2.23. The van der Waals surface area contributed by atoms with Crippen LogP contribution in [0.25, 0.3) is 0 Å². The molecule has 0 aliphatic carbocycles. The third kappa shape index (κ3) is 3.37. The first-order valence-corrected chi connectivity index (χ1v) is 7.79. The molecule has 0 unspecified atom stereocenters. The number of Topliss-reactive ketones (excluding diaryl/α,β-unsaturated/α-hetero) is 1. The van der Waals surface area contributed by atoms with Crippen LogP contribution in [0.15, 0.2) is 41.5 Å². The molecule has 118 valence electrons. The van der Waals surface area contributed by atoms with Gasteiger partial charge in [0, 0.05) is 11.4 Å². The van der Waals surface area contributed by atoms with Crippen molar-refractivity contribution in [3.63, 3.8) is 0 Å². The largest absolute Gasteiger partial charge is 0.492 e. The Hall–Kier alpha value is -2.33. The Morgan fingerprint density at radius 3 is 2.57 bits per heavy atom. The van der Waals surface area contributed by atoms with Crippen LogP contribution in [-0.2, 0) is 0 Å². The smallest absolute Gasteiger partial charge is 0.212 e. The van der Waals surface area contributed by atoms with E-state index in [0.29, 0.717) is 35.1 Å². The van der Waals surface area contributed by atoms with Gasteiger partial charge in [0.05, 0.1) is 17.9 Å². The second kappa shape index (κ2) is 6.42. The SMILES string of the molecule is Cc1cc2c(cc1C)C(=O)/C(=N/Nc1ccc(Cl)cc1)CCO2. The number of benzene rings is 2. The van der Waals surface area contributed by atoms with Gasteiger partial charge in [0.25, 0.3) is 0 Å². The van der Waals surface area contributed by atoms with Crippen LogP contribution in [0.4, 0.5) is 5.69 Å². The van der Waals surface area contributed by atoms with Crippen LogP contribution in [0.3, 0.4) is 0 Å². The van der Waals surface area contributed by atoms with Crippen molar-refractivity contribution in [2.24, 2.45) is 5.10 Å². The lowest BCUT2D eigenvalue weighted by Gasteiger charge is -2.09. The van der Waals surface area contributed by atoms with E-state index < -0.39 is 0 Å². The highest BCUT2D eigenvalue weighted by Crippen LogP contribution is 2.27. The summed E-state index contributed by atoms with van der Waals surface area (Å²) in [6.07, 6.45) is 0.464. The Kier molecular flexibility index (Phi) is 4.35. The number of carbonyl (C=O) groups excluding carboxylic acids is 1. The van der Waals surface area contributed by atoms with Gasteiger partial charge in [-0.2, -0.15) is 5.10 Å². The molecular weight excluding hydrogens is 312 g/mol. The summed E-state index contributed by atoms with van der Waals surface area (Å²) in [5.74, 6) is 0.539. The van der Waals surface area contributed by atoms with E-state index >= 15 is 0 Å². The molecule has 2 aromatic carbocycles. The number of ketones is 1. The Morgan fingerprint density at radius 1 is 1.13 bits per heavy atom. The molecular formula is C18H17ClN2O2. The summed E-state index contributed by atoms with van der Waals surface area (Å²) in [7, 11) is 0. The van der Waals surface area contributed by atoms with E-state index in [4.69, 9.17) is 16.3 Å². The van der Waals surface area contributed by atoms with Crippen molar-refractivity contribution in [1.82, 2.24) is 0 Å². The average Bonchev–Trinajstić information content (AvgIpc) is 2.68. The fourth-order valence-electron chi connectivity index (χ4n) is 2.38. The van der Waals surface area contributed by atoms with E-state index in [-0.39, 0.29) is 5.78 Å². The standard InChI is InChI=1S/C18H17ClN2O2/c1-11-9-15-17(10-12(11)2)23-8-7-16(18(15)22)21-20-14-5-3-13(19)4-6-14/h3-6,9-10,20H,7-8H2,1-2H3/b21-16+. The molecule has 5 heteroatoms. The highest BCUT2D eigenvalue weighted by molar-refractivity contribution is 6.47. The third-order valence-corrected chi connectivity index (χ3v) is 4.12. The van der Waals surface area contributed by atoms with Crippen molar-refractivity contribution in [3.8, 4) is 5.75 Å². The molecule has 0 radical (unpaired) electrons. The van der Waals surface area contributed by atoms with Gasteiger partial charge in [-0.3, -0.25) is 10.2 Å². The summed E-state index contributed by atoms with van der Waals surface area (Å²) in [6.45, 7) is 4.42. The first-order valence-electron chi connectivity index (χ1n) is 7.41. The number of rotatable bonds is 2. The highest BCUT2D eigenvalue weighted by atomic mass is 35.5. The van der Waals surface area contributed by atoms with Crippen molar-refractivity contribution in [1.29, 1.82) is 0 Å². The van der Waals surface area contributed by atoms with E-state index in [1.165, 1.54) is 0 Å². The maximum absolute atomic E-state index is 12.7. The lowest BCUT2D eigenvalue weighted by molar-refractivity contribution is 0.106. The number of hydrazone groups is 1.